The Morgan fingerprint density at radius 2 is 2.30 bits per heavy atom. The quantitative estimate of drug-likeness (QED) is 0.451. The predicted molar refractivity (Wildman–Crippen MR) is 35.9 cm³/mol. The van der Waals surface area contributed by atoms with Crippen molar-refractivity contribution in [2.45, 2.75) is 13.8 Å². The summed E-state index contributed by atoms with van der Waals surface area (Å²) < 4.78 is 0. The van der Waals surface area contributed by atoms with Crippen LogP contribution in [-0.4, -0.2) is 19.1 Å². The summed E-state index contributed by atoms with van der Waals surface area (Å²) in [5, 5.41) is 0. The van der Waals surface area contributed by atoms with E-state index < -0.39 is 5.97 Å². The summed E-state index contributed by atoms with van der Waals surface area (Å²) in [4.78, 5) is 19.4. The Kier molecular flexibility index (Phi) is 4.88. The van der Waals surface area contributed by atoms with Gasteiger partial charge in [0.15, 0.2) is 0 Å². The van der Waals surface area contributed by atoms with Crippen molar-refractivity contribution in [1.29, 1.82) is 0 Å². The highest BCUT2D eigenvalue weighted by Crippen LogP contribution is 1.95. The second kappa shape index (κ2) is 5.20. The van der Waals surface area contributed by atoms with Gasteiger partial charge in [0.05, 0.1) is 12.5 Å². The second-order valence-electron chi connectivity index (χ2n) is 1.95. The van der Waals surface area contributed by atoms with Gasteiger partial charge in [0.2, 0.25) is 0 Å². The Morgan fingerprint density at radius 3 is 2.70 bits per heavy atom. The molecule has 60 valence electrons. The van der Waals surface area contributed by atoms with E-state index in [2.05, 4.69) is 9.78 Å². The van der Waals surface area contributed by atoms with Gasteiger partial charge in [0.25, 0.3) is 0 Å². The Bertz CT molecular complexity index is 105. The zero-order valence-corrected chi connectivity index (χ0v) is 6.29. The van der Waals surface area contributed by atoms with Gasteiger partial charge in [-0.15, -0.1) is 0 Å². The third kappa shape index (κ3) is 3.42. The van der Waals surface area contributed by atoms with E-state index >= 15 is 0 Å². The number of hydrogen-bond acceptors (Lipinski definition) is 4. The maximum absolute atomic E-state index is 10.7. The maximum atomic E-state index is 10.7. The van der Waals surface area contributed by atoms with Crippen LogP contribution in [0.3, 0.4) is 0 Å². The second-order valence-corrected chi connectivity index (χ2v) is 1.95. The van der Waals surface area contributed by atoms with Crippen LogP contribution in [0.1, 0.15) is 13.8 Å². The van der Waals surface area contributed by atoms with Crippen molar-refractivity contribution >= 4 is 5.97 Å². The van der Waals surface area contributed by atoms with E-state index in [1.807, 2.05) is 0 Å². The van der Waals surface area contributed by atoms with Gasteiger partial charge in [-0.2, -0.15) is 4.89 Å². The predicted octanol–water partition coefficient (Wildman–Crippen LogP) is 0.0759. The van der Waals surface area contributed by atoms with Crippen LogP contribution in [-0.2, 0) is 14.6 Å². The van der Waals surface area contributed by atoms with Crippen LogP contribution < -0.4 is 5.73 Å². The molecular weight excluding hydrogens is 134 g/mol. The molecule has 0 rings (SSSR count). The molecule has 0 aliphatic carbocycles. The Morgan fingerprint density at radius 1 is 1.70 bits per heavy atom. The lowest BCUT2D eigenvalue weighted by molar-refractivity contribution is -0.272. The molecule has 0 saturated heterocycles. The highest BCUT2D eigenvalue weighted by Gasteiger charge is 2.12. The summed E-state index contributed by atoms with van der Waals surface area (Å²) in [5.41, 5.74) is 5.19. The van der Waals surface area contributed by atoms with Gasteiger partial charge < -0.3 is 5.73 Å². The van der Waals surface area contributed by atoms with Crippen LogP contribution in [0.15, 0.2) is 0 Å². The topological polar surface area (TPSA) is 61.5 Å². The lowest BCUT2D eigenvalue weighted by Crippen LogP contribution is -2.22. The van der Waals surface area contributed by atoms with Crippen molar-refractivity contribution in [2.75, 3.05) is 13.2 Å². The van der Waals surface area contributed by atoms with E-state index in [0.29, 0.717) is 6.61 Å². The normalized spacial score (nSPS) is 12.7. The van der Waals surface area contributed by atoms with Crippen LogP contribution in [0.4, 0.5) is 0 Å². The molecular formula is C6H13NO3. The maximum Gasteiger partial charge on any atom is 0.346 e. The molecule has 0 saturated carbocycles. The molecule has 0 aliphatic rings. The minimum absolute atomic E-state index is 0.284. The number of hydrogen-bond donors (Lipinski definition) is 1. The zero-order valence-electron chi connectivity index (χ0n) is 6.29. The average molecular weight is 147 g/mol. The molecule has 0 spiro atoms. The molecule has 0 amide bonds. The SMILES string of the molecule is CCOOC(=O)C(C)CN. The first-order chi connectivity index (χ1) is 4.72. The molecule has 1 unspecified atom stereocenters. The summed E-state index contributed by atoms with van der Waals surface area (Å²) in [7, 11) is 0. The lowest BCUT2D eigenvalue weighted by atomic mass is 10.2. The van der Waals surface area contributed by atoms with Crippen LogP contribution in [0.25, 0.3) is 0 Å². The molecule has 0 radical (unpaired) electrons. The molecule has 10 heavy (non-hydrogen) atoms. The first-order valence-corrected chi connectivity index (χ1v) is 3.25. The van der Waals surface area contributed by atoms with Crippen molar-refractivity contribution in [2.24, 2.45) is 11.7 Å². The fraction of sp³-hybridized carbons (Fsp3) is 0.833. The molecule has 1 atom stereocenters. The smallest absolute Gasteiger partial charge is 0.330 e. The molecule has 2 N–H and O–H groups in total. The third-order valence-corrected chi connectivity index (χ3v) is 1.01. The van der Waals surface area contributed by atoms with E-state index in [9.17, 15) is 4.79 Å². The summed E-state index contributed by atoms with van der Waals surface area (Å²) in [6, 6.07) is 0. The Balaban J connectivity index is 3.42. The van der Waals surface area contributed by atoms with E-state index in [1.165, 1.54) is 0 Å². The van der Waals surface area contributed by atoms with Crippen molar-refractivity contribution in [1.82, 2.24) is 0 Å². The standard InChI is InChI=1S/C6H13NO3/c1-3-9-10-6(8)5(2)4-7/h5H,3-4,7H2,1-2H3. The third-order valence-electron chi connectivity index (χ3n) is 1.01. The Hall–Kier alpha value is -0.610. The van der Waals surface area contributed by atoms with E-state index in [0.717, 1.165) is 0 Å². The molecule has 0 aromatic heterocycles. The van der Waals surface area contributed by atoms with Gasteiger partial charge in [-0.25, -0.2) is 4.79 Å². The summed E-state index contributed by atoms with van der Waals surface area (Å²) in [5.74, 6) is -0.698. The monoisotopic (exact) mass is 147 g/mol. The zero-order chi connectivity index (χ0) is 7.98. The number of rotatable bonds is 4. The highest BCUT2D eigenvalue weighted by atomic mass is 17.2. The first-order valence-electron chi connectivity index (χ1n) is 3.25. The molecule has 4 nitrogen and oxygen atoms in total. The molecule has 0 fully saturated rings. The van der Waals surface area contributed by atoms with Crippen LogP contribution in [0, 0.1) is 5.92 Å². The number of nitrogens with two attached hydrogens (primary N) is 1. The molecule has 0 heterocycles. The minimum Gasteiger partial charge on any atom is -0.330 e. The Labute approximate surface area is 60.2 Å². The van der Waals surface area contributed by atoms with Gasteiger partial charge in [0.1, 0.15) is 0 Å². The average Bonchev–Trinajstić information content (AvgIpc) is 1.98. The summed E-state index contributed by atoms with van der Waals surface area (Å²) in [6.07, 6.45) is 0. The minimum atomic E-state index is -0.413. The van der Waals surface area contributed by atoms with E-state index in [4.69, 9.17) is 5.73 Å². The van der Waals surface area contributed by atoms with E-state index in [-0.39, 0.29) is 12.5 Å². The van der Waals surface area contributed by atoms with Gasteiger partial charge in [-0.1, -0.05) is 6.92 Å². The molecule has 0 aromatic rings. The van der Waals surface area contributed by atoms with Crippen molar-refractivity contribution in [3.05, 3.63) is 0 Å². The van der Waals surface area contributed by atoms with Gasteiger partial charge in [-0.05, 0) is 6.92 Å². The summed E-state index contributed by atoms with van der Waals surface area (Å²) in [6.45, 7) is 4.07. The lowest BCUT2D eigenvalue weighted by Gasteiger charge is -2.05. The van der Waals surface area contributed by atoms with Crippen molar-refractivity contribution in [3.63, 3.8) is 0 Å². The van der Waals surface area contributed by atoms with Gasteiger partial charge in [0, 0.05) is 6.54 Å². The number of carbonyl (C=O) groups excluding carboxylic acids is 1. The van der Waals surface area contributed by atoms with Gasteiger partial charge in [-0.3, -0.25) is 4.89 Å². The first kappa shape index (κ1) is 9.39. The molecule has 4 heteroatoms. The van der Waals surface area contributed by atoms with Crippen molar-refractivity contribution < 1.29 is 14.6 Å². The molecule has 0 aliphatic heterocycles. The van der Waals surface area contributed by atoms with E-state index in [1.54, 1.807) is 13.8 Å². The fourth-order valence-corrected chi connectivity index (χ4v) is 0.295. The van der Waals surface area contributed by atoms with Gasteiger partial charge >= 0.3 is 5.97 Å². The molecule has 0 bridgehead atoms. The van der Waals surface area contributed by atoms with Crippen molar-refractivity contribution in [3.8, 4) is 0 Å². The molecule has 0 aromatic carbocycles. The highest BCUT2D eigenvalue weighted by molar-refractivity contribution is 5.71. The fourth-order valence-electron chi connectivity index (χ4n) is 0.295. The largest absolute Gasteiger partial charge is 0.346 e. The van der Waals surface area contributed by atoms with Crippen LogP contribution in [0.2, 0.25) is 0 Å². The summed E-state index contributed by atoms with van der Waals surface area (Å²) >= 11 is 0. The number of carbonyl (C=O) groups is 1. The van der Waals surface area contributed by atoms with Crippen LogP contribution in [0.5, 0.6) is 0 Å². The van der Waals surface area contributed by atoms with Crippen LogP contribution >= 0.6 is 0 Å².